The van der Waals surface area contributed by atoms with Crippen LogP contribution in [0.4, 0.5) is 4.79 Å². The molecule has 3 amide bonds. The van der Waals surface area contributed by atoms with Crippen molar-refractivity contribution < 1.29 is 24.2 Å². The van der Waals surface area contributed by atoms with Gasteiger partial charge in [-0.05, 0) is 24.3 Å². The molecule has 2 aliphatic rings. The van der Waals surface area contributed by atoms with Crippen LogP contribution in [0.2, 0.25) is 10.0 Å². The molecule has 29 heavy (non-hydrogen) atoms. The van der Waals surface area contributed by atoms with Crippen molar-refractivity contribution in [3.05, 3.63) is 58.1 Å². The first-order valence-electron chi connectivity index (χ1n) is 9.03. The molecule has 2 heterocycles. The molecule has 7 nitrogen and oxygen atoms in total. The fraction of sp³-hybridized carbons (Fsp3) is 0.300. The van der Waals surface area contributed by atoms with Crippen molar-refractivity contribution in [3.8, 4) is 11.5 Å². The van der Waals surface area contributed by atoms with Crippen LogP contribution in [-0.2, 0) is 10.3 Å². The molecule has 4 rings (SSSR count). The van der Waals surface area contributed by atoms with Crippen molar-refractivity contribution in [1.29, 1.82) is 0 Å². The Morgan fingerprint density at radius 2 is 2.03 bits per heavy atom. The lowest BCUT2D eigenvalue weighted by Crippen LogP contribution is -2.48. The van der Waals surface area contributed by atoms with E-state index in [9.17, 15) is 14.7 Å². The summed E-state index contributed by atoms with van der Waals surface area (Å²) >= 11 is 11.9. The van der Waals surface area contributed by atoms with Crippen molar-refractivity contribution in [2.24, 2.45) is 0 Å². The van der Waals surface area contributed by atoms with Crippen molar-refractivity contribution in [2.45, 2.75) is 18.1 Å². The number of amides is 3. The number of carbonyl (C=O) groups is 2. The summed E-state index contributed by atoms with van der Waals surface area (Å²) in [6.45, 7) is -0.0522. The molecule has 2 aliphatic heterocycles. The largest absolute Gasteiger partial charge is 0.493 e. The van der Waals surface area contributed by atoms with E-state index in [1.807, 2.05) is 0 Å². The van der Waals surface area contributed by atoms with E-state index < -0.39 is 23.6 Å². The van der Waals surface area contributed by atoms with Gasteiger partial charge in [0.1, 0.15) is 24.2 Å². The molecule has 2 aromatic carbocycles. The van der Waals surface area contributed by atoms with E-state index in [0.717, 1.165) is 4.90 Å². The van der Waals surface area contributed by atoms with E-state index in [1.54, 1.807) is 36.4 Å². The summed E-state index contributed by atoms with van der Waals surface area (Å²) in [6.07, 6.45) is -0.778. The Kier molecular flexibility index (Phi) is 5.29. The Bertz CT molecular complexity index is 970. The fourth-order valence-corrected chi connectivity index (χ4v) is 4.04. The minimum atomic E-state index is -1.17. The van der Waals surface area contributed by atoms with Gasteiger partial charge in [-0.25, -0.2) is 4.79 Å². The Balaban J connectivity index is 1.46. The zero-order valence-corrected chi connectivity index (χ0v) is 16.7. The van der Waals surface area contributed by atoms with Crippen LogP contribution in [0, 0.1) is 0 Å². The van der Waals surface area contributed by atoms with Gasteiger partial charge in [0, 0.05) is 17.0 Å². The van der Waals surface area contributed by atoms with Crippen LogP contribution in [0.1, 0.15) is 12.0 Å². The number of aliphatic hydroxyl groups excluding tert-OH is 1. The second kappa shape index (κ2) is 7.74. The molecular weight excluding hydrogens is 419 g/mol. The minimum Gasteiger partial charge on any atom is -0.493 e. The molecule has 9 heteroatoms. The van der Waals surface area contributed by atoms with Gasteiger partial charge in [-0.3, -0.25) is 9.69 Å². The first-order chi connectivity index (χ1) is 13.9. The third-order valence-corrected chi connectivity index (χ3v) is 5.51. The van der Waals surface area contributed by atoms with E-state index in [1.165, 1.54) is 6.07 Å². The van der Waals surface area contributed by atoms with Crippen LogP contribution in [0.25, 0.3) is 0 Å². The summed E-state index contributed by atoms with van der Waals surface area (Å²) in [4.78, 5) is 26.7. The molecule has 2 atom stereocenters. The number of carbonyl (C=O) groups excluding carboxylic acids is 2. The lowest BCUT2D eigenvalue weighted by Gasteiger charge is -2.33. The lowest BCUT2D eigenvalue weighted by molar-refractivity contribution is -0.133. The third-order valence-electron chi connectivity index (χ3n) is 4.98. The zero-order valence-electron chi connectivity index (χ0n) is 15.2. The first kappa shape index (κ1) is 19.8. The molecule has 0 radical (unpaired) electrons. The molecule has 0 saturated carbocycles. The molecule has 152 valence electrons. The predicted molar refractivity (Wildman–Crippen MR) is 106 cm³/mol. The number of nitrogens with one attached hydrogen (secondary N) is 1. The number of ether oxygens (including phenoxy) is 2. The number of hydrogen-bond acceptors (Lipinski definition) is 5. The van der Waals surface area contributed by atoms with Gasteiger partial charge in [0.05, 0.1) is 18.2 Å². The average molecular weight is 437 g/mol. The summed E-state index contributed by atoms with van der Waals surface area (Å²) in [7, 11) is 0. The van der Waals surface area contributed by atoms with Gasteiger partial charge < -0.3 is 19.9 Å². The van der Waals surface area contributed by atoms with Crippen LogP contribution in [0.15, 0.2) is 42.5 Å². The van der Waals surface area contributed by atoms with Crippen molar-refractivity contribution in [2.75, 3.05) is 19.8 Å². The number of fused-ring (bicyclic) bond motifs is 2. The highest BCUT2D eigenvalue weighted by Gasteiger charge is 2.55. The molecule has 1 spiro atoms. The predicted octanol–water partition coefficient (Wildman–Crippen LogP) is 2.96. The number of nitrogens with zero attached hydrogens (tertiary/aromatic N) is 1. The van der Waals surface area contributed by atoms with Gasteiger partial charge in [-0.2, -0.15) is 0 Å². The summed E-state index contributed by atoms with van der Waals surface area (Å²) in [5.74, 6) is 0.500. The molecular formula is C20H18Cl2N2O5. The highest BCUT2D eigenvalue weighted by Crippen LogP contribution is 2.41. The van der Waals surface area contributed by atoms with Gasteiger partial charge in [-0.15, -0.1) is 0 Å². The van der Waals surface area contributed by atoms with Crippen molar-refractivity contribution in [1.82, 2.24) is 10.2 Å². The van der Waals surface area contributed by atoms with Crippen molar-refractivity contribution in [3.63, 3.8) is 0 Å². The number of hydrogen-bond donors (Lipinski definition) is 2. The van der Waals surface area contributed by atoms with Gasteiger partial charge >= 0.3 is 6.03 Å². The number of para-hydroxylation sites is 1. The minimum absolute atomic E-state index is 0.148. The number of halogens is 2. The average Bonchev–Trinajstić information content (AvgIpc) is 2.92. The van der Waals surface area contributed by atoms with E-state index >= 15 is 0 Å². The molecule has 2 aromatic rings. The Morgan fingerprint density at radius 1 is 1.24 bits per heavy atom. The van der Waals surface area contributed by atoms with Crippen LogP contribution in [0.5, 0.6) is 11.5 Å². The summed E-state index contributed by atoms with van der Waals surface area (Å²) in [5, 5.41) is 13.9. The van der Waals surface area contributed by atoms with Crippen molar-refractivity contribution >= 4 is 35.1 Å². The normalized spacial score (nSPS) is 21.6. The topological polar surface area (TPSA) is 88.1 Å². The standard InChI is InChI=1S/C20H18Cl2N2O5/c21-12-5-6-17(15(22)9-12)29-11-13(25)10-24-18(26)20(23-19(24)27)7-8-28-16-4-2-1-3-14(16)20/h1-6,9,13,25H,7-8,10-11H2,(H,23,27). The molecule has 0 aliphatic carbocycles. The van der Waals surface area contributed by atoms with E-state index in [2.05, 4.69) is 5.32 Å². The van der Waals surface area contributed by atoms with Crippen LogP contribution >= 0.6 is 23.2 Å². The third kappa shape index (κ3) is 3.61. The Morgan fingerprint density at radius 3 is 2.83 bits per heavy atom. The quantitative estimate of drug-likeness (QED) is 0.703. The second-order valence-electron chi connectivity index (χ2n) is 6.89. The number of β-amino-alcohol motifs (C(OH)–C–C–N with tert-alkyl or cyclic N) is 1. The molecule has 0 bridgehead atoms. The maximum Gasteiger partial charge on any atom is 0.325 e. The van der Waals surface area contributed by atoms with E-state index in [4.69, 9.17) is 32.7 Å². The number of urea groups is 1. The second-order valence-corrected chi connectivity index (χ2v) is 7.73. The molecule has 2 N–H and O–H groups in total. The van der Waals surface area contributed by atoms with Gasteiger partial charge in [-0.1, -0.05) is 41.4 Å². The monoisotopic (exact) mass is 436 g/mol. The number of benzene rings is 2. The van der Waals surface area contributed by atoms with Crippen LogP contribution < -0.4 is 14.8 Å². The molecule has 2 unspecified atom stereocenters. The highest BCUT2D eigenvalue weighted by molar-refractivity contribution is 6.35. The Labute approximate surface area is 177 Å². The fourth-order valence-electron chi connectivity index (χ4n) is 3.58. The van der Waals surface area contributed by atoms with Crippen LogP contribution in [0.3, 0.4) is 0 Å². The Hall–Kier alpha value is -2.48. The van der Waals surface area contributed by atoms with Gasteiger partial charge in [0.15, 0.2) is 5.54 Å². The molecule has 1 fully saturated rings. The molecule has 0 aromatic heterocycles. The number of aliphatic hydroxyl groups is 1. The SMILES string of the molecule is O=C1NC2(CCOc3ccccc32)C(=O)N1CC(O)COc1ccc(Cl)cc1Cl. The lowest BCUT2D eigenvalue weighted by atomic mass is 9.84. The summed E-state index contributed by atoms with van der Waals surface area (Å²) < 4.78 is 11.1. The maximum atomic E-state index is 13.2. The summed E-state index contributed by atoms with van der Waals surface area (Å²) in [6, 6.07) is 11.3. The molecule has 1 saturated heterocycles. The van der Waals surface area contributed by atoms with E-state index in [0.29, 0.717) is 40.1 Å². The maximum absolute atomic E-state index is 13.2. The first-order valence-corrected chi connectivity index (χ1v) is 9.78. The van der Waals surface area contributed by atoms with Crippen LogP contribution in [-0.4, -0.2) is 47.8 Å². The number of rotatable bonds is 5. The summed E-state index contributed by atoms with van der Waals surface area (Å²) in [5.41, 5.74) is -0.558. The smallest absolute Gasteiger partial charge is 0.325 e. The van der Waals surface area contributed by atoms with E-state index in [-0.39, 0.29) is 13.2 Å². The zero-order chi connectivity index (χ0) is 20.6. The highest BCUT2D eigenvalue weighted by atomic mass is 35.5. The van der Waals surface area contributed by atoms with Gasteiger partial charge in [0.25, 0.3) is 5.91 Å². The van der Waals surface area contributed by atoms with Gasteiger partial charge in [0.2, 0.25) is 0 Å². The number of imide groups is 1.